The molecular formula is C29H46N8O3Si. The molecule has 2 heterocycles. The Balaban J connectivity index is 1.75. The molecule has 0 bridgehead atoms. The van der Waals surface area contributed by atoms with Crippen molar-refractivity contribution in [3.8, 4) is 6.01 Å². The lowest BCUT2D eigenvalue weighted by atomic mass is 10.2. The van der Waals surface area contributed by atoms with Crippen molar-refractivity contribution >= 4 is 25.9 Å². The van der Waals surface area contributed by atoms with Crippen LogP contribution in [0.1, 0.15) is 51.6 Å². The van der Waals surface area contributed by atoms with Gasteiger partial charge in [0.1, 0.15) is 24.1 Å². The van der Waals surface area contributed by atoms with Crippen LogP contribution in [0.2, 0.25) is 18.1 Å². The van der Waals surface area contributed by atoms with Crippen LogP contribution in [-0.4, -0.2) is 72.4 Å². The molecule has 3 N–H and O–H groups in total. The molecular weight excluding hydrogens is 536 g/mol. The second-order valence-corrected chi connectivity index (χ2v) is 16.9. The van der Waals surface area contributed by atoms with Crippen molar-refractivity contribution in [1.82, 2.24) is 30.2 Å². The van der Waals surface area contributed by atoms with Gasteiger partial charge in [0, 0.05) is 50.1 Å². The van der Waals surface area contributed by atoms with Gasteiger partial charge in [-0.1, -0.05) is 27.4 Å². The molecule has 2 aromatic rings. The smallest absolute Gasteiger partial charge is 0.320 e. The summed E-state index contributed by atoms with van der Waals surface area (Å²) < 4.78 is 12.2. The molecule has 0 radical (unpaired) electrons. The predicted octanol–water partition coefficient (Wildman–Crippen LogP) is 4.65. The van der Waals surface area contributed by atoms with Crippen LogP contribution in [0.3, 0.4) is 0 Å². The molecule has 3 atom stereocenters. The average Bonchev–Trinajstić information content (AvgIpc) is 3.67. The van der Waals surface area contributed by atoms with Crippen LogP contribution < -0.4 is 20.7 Å². The number of ether oxygens (including phenoxy) is 1. The summed E-state index contributed by atoms with van der Waals surface area (Å²) in [5.41, 5.74) is 1.86. The molecule has 224 valence electrons. The van der Waals surface area contributed by atoms with Crippen LogP contribution in [0, 0.1) is 12.8 Å². The number of carbonyl (C=O) groups is 1. The first-order valence-corrected chi connectivity index (χ1v) is 16.9. The van der Waals surface area contributed by atoms with Crippen LogP contribution in [0.4, 0.5) is 11.6 Å². The standard InChI is InChI=1S/C29H46N8O3Si/c1-11-30-18-23(37(7)8)20(3)33-24-17-25(34-27(38)22-16-21(22)26-31-13-12-19(2)32-26)36-28(35-24)39-14-15-40-41(9,10)29(4,5)6/h11-13,17-18,20-22,30H,1,14-16H2,2-10H3,(H2,33,34,35,36,38)/b23-18-/t20-,21+,22+/m1/s1. The molecule has 0 unspecified atom stereocenters. The van der Waals surface area contributed by atoms with Crippen LogP contribution in [0.15, 0.2) is 43.0 Å². The first-order chi connectivity index (χ1) is 19.2. The minimum Gasteiger partial charge on any atom is -0.461 e. The predicted molar refractivity (Wildman–Crippen MR) is 165 cm³/mol. The second kappa shape index (κ2) is 13.4. The summed E-state index contributed by atoms with van der Waals surface area (Å²) in [6.07, 6.45) is 5.90. The van der Waals surface area contributed by atoms with Crippen molar-refractivity contribution in [2.24, 2.45) is 5.92 Å². The molecule has 1 fully saturated rings. The lowest BCUT2D eigenvalue weighted by Gasteiger charge is -2.36. The number of anilines is 2. The van der Waals surface area contributed by atoms with Gasteiger partial charge in [0.2, 0.25) is 5.91 Å². The summed E-state index contributed by atoms with van der Waals surface area (Å²) >= 11 is 0. The molecule has 2 aromatic heterocycles. The highest BCUT2D eigenvalue weighted by atomic mass is 28.4. The molecule has 1 aliphatic carbocycles. The molecule has 0 aliphatic heterocycles. The number of amides is 1. The van der Waals surface area contributed by atoms with Crippen LogP contribution in [0.5, 0.6) is 6.01 Å². The van der Waals surface area contributed by atoms with Gasteiger partial charge in [-0.25, -0.2) is 9.97 Å². The number of carbonyl (C=O) groups excluding carboxylic acids is 1. The van der Waals surface area contributed by atoms with Gasteiger partial charge in [-0.2, -0.15) is 9.97 Å². The molecule has 12 heteroatoms. The second-order valence-electron chi connectivity index (χ2n) is 12.1. The summed E-state index contributed by atoms with van der Waals surface area (Å²) in [6.45, 7) is 19.4. The average molecular weight is 583 g/mol. The summed E-state index contributed by atoms with van der Waals surface area (Å²) in [5.74, 6) is 1.24. The molecule has 41 heavy (non-hydrogen) atoms. The van der Waals surface area contributed by atoms with E-state index in [1.807, 2.05) is 45.1 Å². The maximum absolute atomic E-state index is 13.1. The van der Waals surface area contributed by atoms with Crippen molar-refractivity contribution in [2.45, 2.75) is 71.1 Å². The third-order valence-corrected chi connectivity index (χ3v) is 12.0. The molecule has 0 saturated heterocycles. The maximum atomic E-state index is 13.1. The maximum Gasteiger partial charge on any atom is 0.320 e. The first kappa shape index (κ1) is 32.0. The number of hydrogen-bond donors (Lipinski definition) is 3. The Morgan fingerprint density at radius 3 is 2.56 bits per heavy atom. The van der Waals surface area contributed by atoms with Crippen molar-refractivity contribution < 1.29 is 14.0 Å². The summed E-state index contributed by atoms with van der Waals surface area (Å²) in [4.78, 5) is 33.0. The number of hydrogen-bond acceptors (Lipinski definition) is 10. The zero-order valence-corrected chi connectivity index (χ0v) is 26.9. The number of nitrogens with one attached hydrogen (secondary N) is 3. The minimum absolute atomic E-state index is 0.00251. The highest BCUT2D eigenvalue weighted by Gasteiger charge is 2.46. The molecule has 0 aromatic carbocycles. The number of aromatic nitrogens is 4. The summed E-state index contributed by atoms with van der Waals surface area (Å²) in [5, 5.41) is 9.48. The Kier molecular flexibility index (Phi) is 10.5. The van der Waals surface area contributed by atoms with Gasteiger partial charge >= 0.3 is 6.01 Å². The van der Waals surface area contributed by atoms with E-state index >= 15 is 0 Å². The number of rotatable bonds is 14. The first-order valence-electron chi connectivity index (χ1n) is 14.0. The van der Waals surface area contributed by atoms with E-state index in [9.17, 15) is 4.79 Å². The van der Waals surface area contributed by atoms with Gasteiger partial charge in [-0.3, -0.25) is 4.79 Å². The molecule has 3 rings (SSSR count). The van der Waals surface area contributed by atoms with E-state index in [-0.39, 0.29) is 34.8 Å². The van der Waals surface area contributed by atoms with Crippen molar-refractivity contribution in [2.75, 3.05) is 37.9 Å². The highest BCUT2D eigenvalue weighted by molar-refractivity contribution is 6.74. The van der Waals surface area contributed by atoms with Gasteiger partial charge in [-0.15, -0.1) is 0 Å². The Morgan fingerprint density at radius 2 is 1.93 bits per heavy atom. The lowest BCUT2D eigenvalue weighted by molar-refractivity contribution is -0.117. The van der Waals surface area contributed by atoms with Crippen molar-refractivity contribution in [3.63, 3.8) is 0 Å². The quantitative estimate of drug-likeness (QED) is 0.214. The van der Waals surface area contributed by atoms with E-state index in [2.05, 4.69) is 76.3 Å². The van der Waals surface area contributed by atoms with Gasteiger partial charge in [0.15, 0.2) is 8.32 Å². The van der Waals surface area contributed by atoms with Gasteiger partial charge < -0.3 is 30.0 Å². The fourth-order valence-corrected chi connectivity index (χ4v) is 5.02. The summed E-state index contributed by atoms with van der Waals surface area (Å²) in [7, 11) is 2.01. The van der Waals surface area contributed by atoms with E-state index in [4.69, 9.17) is 9.16 Å². The third-order valence-electron chi connectivity index (χ3n) is 7.49. The zero-order chi connectivity index (χ0) is 30.4. The molecule has 1 saturated carbocycles. The van der Waals surface area contributed by atoms with Gasteiger partial charge in [0.25, 0.3) is 0 Å². The van der Waals surface area contributed by atoms with Crippen molar-refractivity contribution in [1.29, 1.82) is 0 Å². The van der Waals surface area contributed by atoms with E-state index in [1.165, 1.54) is 0 Å². The Hall–Kier alpha value is -3.51. The molecule has 0 spiro atoms. The molecule has 1 amide bonds. The minimum atomic E-state index is -1.91. The highest BCUT2D eigenvalue weighted by Crippen LogP contribution is 2.46. The molecule has 1 aliphatic rings. The molecule has 11 nitrogen and oxygen atoms in total. The topological polar surface area (TPSA) is 126 Å². The lowest BCUT2D eigenvalue weighted by Crippen LogP contribution is -2.41. The van der Waals surface area contributed by atoms with Crippen LogP contribution in [0.25, 0.3) is 0 Å². The van der Waals surface area contributed by atoms with Crippen LogP contribution >= 0.6 is 0 Å². The van der Waals surface area contributed by atoms with Crippen LogP contribution in [-0.2, 0) is 9.22 Å². The van der Waals surface area contributed by atoms with Gasteiger partial charge in [-0.05, 0) is 50.7 Å². The third kappa shape index (κ3) is 8.99. The van der Waals surface area contributed by atoms with E-state index < -0.39 is 8.32 Å². The summed E-state index contributed by atoms with van der Waals surface area (Å²) in [6, 6.07) is 3.59. The van der Waals surface area contributed by atoms with E-state index in [1.54, 1.807) is 18.5 Å². The fourth-order valence-electron chi connectivity index (χ4n) is 3.99. The normalized spacial score (nSPS) is 17.8. The van der Waals surface area contributed by atoms with E-state index in [0.717, 1.165) is 11.4 Å². The van der Waals surface area contributed by atoms with Gasteiger partial charge in [0.05, 0.1) is 18.3 Å². The van der Waals surface area contributed by atoms with Crippen molar-refractivity contribution in [3.05, 3.63) is 54.5 Å². The van der Waals surface area contributed by atoms with E-state index in [0.29, 0.717) is 37.1 Å². The Morgan fingerprint density at radius 1 is 1.22 bits per heavy atom. The number of aryl methyl sites for hydroxylation is 1. The Bertz CT molecular complexity index is 1240. The SMILES string of the molecule is C=CN/C=C(/[C@@H](C)Nc1cc(NC(=O)[C@H]2C[C@@H]2c2nccc(C)n2)nc(OCCO[Si](C)(C)C(C)(C)C)n1)N(C)C. The Labute approximate surface area is 245 Å². The number of nitrogens with zero attached hydrogens (tertiary/aromatic N) is 5. The number of likely N-dealkylation sites (N-methyl/N-ethyl adjacent to an activating group) is 1. The largest absolute Gasteiger partial charge is 0.461 e. The monoisotopic (exact) mass is 582 g/mol. The fraction of sp³-hybridized carbons (Fsp3) is 0.552. The zero-order valence-electron chi connectivity index (χ0n) is 25.9.